The van der Waals surface area contributed by atoms with E-state index in [0.717, 1.165) is 25.9 Å². The molecule has 0 atom stereocenters. The van der Waals surface area contributed by atoms with Crippen LogP contribution in [-0.4, -0.2) is 52.1 Å². The van der Waals surface area contributed by atoms with E-state index in [1.165, 1.54) is 24.3 Å². The van der Waals surface area contributed by atoms with Gasteiger partial charge in [0.2, 0.25) is 11.8 Å². The maximum Gasteiger partial charge on any atom is 0.253 e. The normalized spacial score (nSPS) is 16.2. The van der Waals surface area contributed by atoms with Crippen molar-refractivity contribution in [3.63, 3.8) is 0 Å². The molecule has 128 valence electrons. The molecule has 0 bridgehead atoms. The summed E-state index contributed by atoms with van der Waals surface area (Å²) in [4.78, 5) is 16.5. The van der Waals surface area contributed by atoms with E-state index >= 15 is 0 Å². The molecule has 1 saturated heterocycles. The Labute approximate surface area is 140 Å². The Balaban J connectivity index is 1.58. The highest BCUT2D eigenvalue weighted by atomic mass is 19.1. The fraction of sp³-hybridized carbons (Fsp3) is 0.471. The van der Waals surface area contributed by atoms with Gasteiger partial charge < -0.3 is 9.32 Å². The smallest absolute Gasteiger partial charge is 0.253 e. The van der Waals surface area contributed by atoms with Gasteiger partial charge in [0.15, 0.2) is 0 Å². The number of carbonyl (C=O) groups excluding carboxylic acids is 1. The Morgan fingerprint density at radius 2 is 1.88 bits per heavy atom. The van der Waals surface area contributed by atoms with Gasteiger partial charge in [-0.2, -0.15) is 0 Å². The first-order chi connectivity index (χ1) is 11.7. The lowest BCUT2D eigenvalue weighted by Crippen LogP contribution is -2.35. The van der Waals surface area contributed by atoms with Crippen LogP contribution in [0.25, 0.3) is 0 Å². The van der Waals surface area contributed by atoms with E-state index in [1.54, 1.807) is 0 Å². The van der Waals surface area contributed by atoms with Crippen LogP contribution in [0, 0.1) is 5.82 Å². The molecule has 1 aromatic heterocycles. The number of halogens is 1. The average Bonchev–Trinajstić information content (AvgIpc) is 2.92. The van der Waals surface area contributed by atoms with E-state index in [0.29, 0.717) is 37.0 Å². The minimum atomic E-state index is -0.334. The summed E-state index contributed by atoms with van der Waals surface area (Å²) in [6.07, 6.45) is 1.61. The fourth-order valence-electron chi connectivity index (χ4n) is 2.79. The van der Waals surface area contributed by atoms with E-state index in [-0.39, 0.29) is 11.7 Å². The van der Waals surface area contributed by atoms with Gasteiger partial charge in [-0.1, -0.05) is 6.92 Å². The van der Waals surface area contributed by atoms with Crippen molar-refractivity contribution in [3.05, 3.63) is 47.4 Å². The number of hydrogen-bond donors (Lipinski definition) is 0. The summed E-state index contributed by atoms with van der Waals surface area (Å²) in [6.45, 7) is 5.52. The molecule has 2 heterocycles. The number of hydrogen-bond acceptors (Lipinski definition) is 5. The number of aromatic nitrogens is 2. The number of nitrogens with zero attached hydrogens (tertiary/aromatic N) is 4. The molecular weight excluding hydrogens is 311 g/mol. The van der Waals surface area contributed by atoms with E-state index in [9.17, 15) is 9.18 Å². The molecule has 0 unspecified atom stereocenters. The second-order valence-corrected chi connectivity index (χ2v) is 5.87. The maximum atomic E-state index is 13.0. The first kappa shape index (κ1) is 16.6. The molecule has 1 fully saturated rings. The van der Waals surface area contributed by atoms with Crippen molar-refractivity contribution < 1.29 is 13.6 Å². The lowest BCUT2D eigenvalue weighted by molar-refractivity contribution is 0.0760. The van der Waals surface area contributed by atoms with Gasteiger partial charge in [0.05, 0.1) is 6.54 Å². The first-order valence-electron chi connectivity index (χ1n) is 8.24. The largest absolute Gasteiger partial charge is 0.424 e. The molecule has 0 spiro atoms. The van der Waals surface area contributed by atoms with Crippen molar-refractivity contribution in [1.29, 1.82) is 0 Å². The molecule has 2 aromatic rings. The van der Waals surface area contributed by atoms with Crippen molar-refractivity contribution in [2.75, 3.05) is 26.2 Å². The van der Waals surface area contributed by atoms with Gasteiger partial charge >= 0.3 is 0 Å². The maximum absolute atomic E-state index is 13.0. The lowest BCUT2D eigenvalue weighted by Gasteiger charge is -2.21. The van der Waals surface area contributed by atoms with Gasteiger partial charge in [-0.05, 0) is 30.7 Å². The predicted octanol–water partition coefficient (Wildman–Crippen LogP) is 2.12. The van der Waals surface area contributed by atoms with Crippen LogP contribution < -0.4 is 0 Å². The molecule has 0 aliphatic carbocycles. The Morgan fingerprint density at radius 1 is 1.12 bits per heavy atom. The van der Waals surface area contributed by atoms with Crippen LogP contribution in [0.4, 0.5) is 4.39 Å². The fourth-order valence-corrected chi connectivity index (χ4v) is 2.79. The van der Waals surface area contributed by atoms with E-state index < -0.39 is 0 Å². The molecule has 0 N–H and O–H groups in total. The van der Waals surface area contributed by atoms with Gasteiger partial charge in [-0.15, -0.1) is 10.2 Å². The zero-order chi connectivity index (χ0) is 16.9. The van der Waals surface area contributed by atoms with Crippen LogP contribution in [0.5, 0.6) is 0 Å². The second-order valence-electron chi connectivity index (χ2n) is 5.87. The summed E-state index contributed by atoms with van der Waals surface area (Å²) in [6, 6.07) is 5.70. The quantitative estimate of drug-likeness (QED) is 0.858. The van der Waals surface area contributed by atoms with Crippen molar-refractivity contribution in [3.8, 4) is 0 Å². The molecular formula is C17H21FN4O2. The Bertz CT molecular complexity index is 686. The highest BCUT2D eigenvalue weighted by Gasteiger charge is 2.21. The minimum absolute atomic E-state index is 0.0529. The van der Waals surface area contributed by atoms with Crippen molar-refractivity contribution in [1.82, 2.24) is 20.0 Å². The summed E-state index contributed by atoms with van der Waals surface area (Å²) >= 11 is 0. The van der Waals surface area contributed by atoms with Crippen molar-refractivity contribution in [2.45, 2.75) is 26.3 Å². The third-order valence-corrected chi connectivity index (χ3v) is 4.14. The van der Waals surface area contributed by atoms with E-state index in [2.05, 4.69) is 15.1 Å². The van der Waals surface area contributed by atoms with Crippen molar-refractivity contribution >= 4 is 5.91 Å². The van der Waals surface area contributed by atoms with Gasteiger partial charge in [0, 0.05) is 38.2 Å². The highest BCUT2D eigenvalue weighted by molar-refractivity contribution is 5.94. The van der Waals surface area contributed by atoms with Crippen LogP contribution in [0.3, 0.4) is 0 Å². The van der Waals surface area contributed by atoms with Gasteiger partial charge in [-0.25, -0.2) is 4.39 Å². The molecule has 6 nitrogen and oxygen atoms in total. The Hall–Kier alpha value is -2.28. The van der Waals surface area contributed by atoms with Gasteiger partial charge in [0.25, 0.3) is 5.91 Å². The van der Waals surface area contributed by atoms with Crippen LogP contribution in [0.1, 0.15) is 35.5 Å². The van der Waals surface area contributed by atoms with Gasteiger partial charge in [0.1, 0.15) is 5.82 Å². The zero-order valence-corrected chi connectivity index (χ0v) is 13.7. The number of amides is 1. The van der Waals surface area contributed by atoms with Crippen molar-refractivity contribution in [2.24, 2.45) is 0 Å². The number of benzene rings is 1. The molecule has 1 aliphatic heterocycles. The first-order valence-corrected chi connectivity index (χ1v) is 8.24. The second kappa shape index (κ2) is 7.53. The molecule has 24 heavy (non-hydrogen) atoms. The van der Waals surface area contributed by atoms with Gasteiger partial charge in [-0.3, -0.25) is 9.69 Å². The molecule has 1 aromatic carbocycles. The molecule has 1 aliphatic rings. The minimum Gasteiger partial charge on any atom is -0.424 e. The summed E-state index contributed by atoms with van der Waals surface area (Å²) < 4.78 is 18.5. The lowest BCUT2D eigenvalue weighted by atomic mass is 10.2. The SMILES string of the molecule is CCc1nnc(CN2CCCN(C(=O)c3ccc(F)cc3)CC2)o1. The molecule has 7 heteroatoms. The number of carbonyl (C=O) groups is 1. The number of aryl methyl sites for hydroxylation is 1. The van der Waals surface area contributed by atoms with Crippen LogP contribution in [0.15, 0.2) is 28.7 Å². The Morgan fingerprint density at radius 3 is 2.58 bits per heavy atom. The summed E-state index contributed by atoms with van der Waals surface area (Å²) in [5, 5.41) is 8.02. The van der Waals surface area contributed by atoms with E-state index in [1.807, 2.05) is 11.8 Å². The average molecular weight is 332 g/mol. The third kappa shape index (κ3) is 3.97. The monoisotopic (exact) mass is 332 g/mol. The summed E-state index contributed by atoms with van der Waals surface area (Å²) in [5.74, 6) is 0.876. The molecule has 1 amide bonds. The van der Waals surface area contributed by atoms with Crippen LogP contribution in [0.2, 0.25) is 0 Å². The van der Waals surface area contributed by atoms with Crippen LogP contribution in [-0.2, 0) is 13.0 Å². The molecule has 0 radical (unpaired) electrons. The number of rotatable bonds is 4. The summed E-state index contributed by atoms with van der Waals surface area (Å²) in [7, 11) is 0. The predicted molar refractivity (Wildman–Crippen MR) is 85.9 cm³/mol. The third-order valence-electron chi connectivity index (χ3n) is 4.14. The van der Waals surface area contributed by atoms with Crippen LogP contribution >= 0.6 is 0 Å². The standard InChI is InChI=1S/C17H21FN4O2/c1-2-15-19-20-16(24-15)12-21-8-3-9-22(11-10-21)17(23)13-4-6-14(18)7-5-13/h4-7H,2-3,8-12H2,1H3. The zero-order valence-electron chi connectivity index (χ0n) is 13.7. The topological polar surface area (TPSA) is 62.5 Å². The summed E-state index contributed by atoms with van der Waals surface area (Å²) in [5.41, 5.74) is 0.523. The molecule has 0 saturated carbocycles. The van der Waals surface area contributed by atoms with E-state index in [4.69, 9.17) is 4.42 Å². The Kier molecular flexibility index (Phi) is 5.20. The highest BCUT2D eigenvalue weighted by Crippen LogP contribution is 2.12. The molecule has 3 rings (SSSR count).